The van der Waals surface area contributed by atoms with Crippen molar-refractivity contribution in [3.05, 3.63) is 75.0 Å². The molecule has 3 heterocycles. The molecule has 0 spiro atoms. The third-order valence-electron chi connectivity index (χ3n) is 11.5. The summed E-state index contributed by atoms with van der Waals surface area (Å²) in [6, 6.07) is 13.6. The summed E-state index contributed by atoms with van der Waals surface area (Å²) in [5, 5.41) is 10.5. The van der Waals surface area contributed by atoms with Gasteiger partial charge in [0.05, 0.1) is 30.9 Å². The minimum atomic E-state index is -0.885. The fourth-order valence-electron chi connectivity index (χ4n) is 8.75. The van der Waals surface area contributed by atoms with Crippen molar-refractivity contribution in [3.8, 4) is 5.75 Å². The Balaban J connectivity index is 1.00. The molecule has 4 aliphatic rings. The van der Waals surface area contributed by atoms with Gasteiger partial charge in [-0.15, -0.1) is 10.1 Å². The second-order valence-corrected chi connectivity index (χ2v) is 15.0. The second-order valence-electron chi connectivity index (χ2n) is 15.0. The van der Waals surface area contributed by atoms with Crippen molar-refractivity contribution in [2.45, 2.75) is 133 Å². The molecule has 12 nitrogen and oxygen atoms in total. The lowest BCUT2D eigenvalue weighted by atomic mass is 9.88. The van der Waals surface area contributed by atoms with E-state index in [1.807, 2.05) is 12.1 Å². The second kappa shape index (κ2) is 17.4. The van der Waals surface area contributed by atoms with Crippen molar-refractivity contribution in [1.29, 1.82) is 0 Å². The summed E-state index contributed by atoms with van der Waals surface area (Å²) in [7, 11) is 0. The molecule has 286 valence electrons. The highest BCUT2D eigenvalue weighted by molar-refractivity contribution is 6.17. The van der Waals surface area contributed by atoms with Crippen LogP contribution in [0.1, 0.15) is 122 Å². The first-order valence-electron chi connectivity index (χ1n) is 19.7. The Morgan fingerprint density at radius 3 is 2.15 bits per heavy atom. The highest BCUT2D eigenvalue weighted by Crippen LogP contribution is 2.34. The van der Waals surface area contributed by atoms with E-state index in [0.29, 0.717) is 53.0 Å². The van der Waals surface area contributed by atoms with E-state index >= 15 is 0 Å². The lowest BCUT2D eigenvalue weighted by Gasteiger charge is -2.41. The summed E-state index contributed by atoms with van der Waals surface area (Å²) in [5.74, 6) is 0.504. The molecule has 4 atom stereocenters. The third-order valence-corrected chi connectivity index (χ3v) is 11.5. The van der Waals surface area contributed by atoms with Gasteiger partial charge in [-0.2, -0.15) is 0 Å². The van der Waals surface area contributed by atoms with E-state index < -0.39 is 35.5 Å². The molecule has 12 heteroatoms. The first-order valence-corrected chi connectivity index (χ1v) is 19.7. The van der Waals surface area contributed by atoms with Crippen LogP contribution in [0.15, 0.2) is 46.9 Å². The molecule has 2 aliphatic heterocycles. The predicted octanol–water partition coefficient (Wildman–Crippen LogP) is 7.64. The van der Waals surface area contributed by atoms with Crippen LogP contribution in [0.4, 0.5) is 0 Å². The number of nitrogens with zero attached hydrogens (tertiary/aromatic N) is 2. The molecule has 2 saturated carbocycles. The average Bonchev–Trinajstić information content (AvgIpc) is 3.88. The molecule has 53 heavy (non-hydrogen) atoms. The van der Waals surface area contributed by atoms with Crippen LogP contribution in [-0.4, -0.2) is 84.6 Å². The smallest absolute Gasteiger partial charge is 0.338 e. The summed E-state index contributed by atoms with van der Waals surface area (Å²) in [6.07, 6.45) is 13.7. The van der Waals surface area contributed by atoms with E-state index in [-0.39, 0.29) is 24.6 Å². The Hall–Kier alpha value is -4.00. The Morgan fingerprint density at radius 1 is 0.849 bits per heavy atom. The highest BCUT2D eigenvalue weighted by atomic mass is 17.0. The molecule has 2 aromatic carbocycles. The van der Waals surface area contributed by atoms with Gasteiger partial charge in [-0.3, -0.25) is 9.69 Å². The van der Waals surface area contributed by atoms with Gasteiger partial charge in [-0.1, -0.05) is 51.9 Å². The molecule has 3 aromatic rings. The van der Waals surface area contributed by atoms with Crippen molar-refractivity contribution >= 4 is 22.7 Å². The highest BCUT2D eigenvalue weighted by Gasteiger charge is 2.51. The van der Waals surface area contributed by atoms with Crippen molar-refractivity contribution in [2.24, 2.45) is 0 Å². The number of hydrogen-bond donors (Lipinski definition) is 0. The number of rotatable bonds is 16. The number of benzene rings is 2. The molecule has 0 N–H and O–H groups in total. The van der Waals surface area contributed by atoms with E-state index in [2.05, 4.69) is 16.7 Å². The molecular weight excluding hydrogens is 680 g/mol. The zero-order valence-corrected chi connectivity index (χ0v) is 30.7. The molecule has 1 aromatic heterocycles. The van der Waals surface area contributed by atoms with Gasteiger partial charge in [0.1, 0.15) is 29.3 Å². The molecule has 2 saturated heterocycles. The molecule has 0 bridgehead atoms. The molecule has 7 rings (SSSR count). The van der Waals surface area contributed by atoms with Gasteiger partial charge in [0.25, 0.3) is 5.09 Å². The number of carbonyl (C=O) groups is 2. The van der Waals surface area contributed by atoms with Gasteiger partial charge >= 0.3 is 5.97 Å². The number of ketones is 1. The van der Waals surface area contributed by atoms with Gasteiger partial charge in [0, 0.05) is 36.0 Å². The Bertz CT molecular complexity index is 1690. The Kier molecular flexibility index (Phi) is 12.3. The number of esters is 1. The fourth-order valence-corrected chi connectivity index (χ4v) is 8.75. The maximum Gasteiger partial charge on any atom is 0.338 e. The number of hydrogen-bond acceptors (Lipinski definition) is 11. The number of aryl methyl sites for hydroxylation is 1. The summed E-state index contributed by atoms with van der Waals surface area (Å²) in [5.41, 5.74) is 1.69. The molecule has 0 amide bonds. The van der Waals surface area contributed by atoms with Crippen LogP contribution in [0, 0.1) is 10.1 Å². The van der Waals surface area contributed by atoms with E-state index in [1.54, 1.807) is 30.3 Å². The summed E-state index contributed by atoms with van der Waals surface area (Å²) in [4.78, 5) is 45.8. The van der Waals surface area contributed by atoms with Gasteiger partial charge < -0.3 is 28.2 Å². The topological polar surface area (TPSA) is 140 Å². The summed E-state index contributed by atoms with van der Waals surface area (Å²) >= 11 is 0. The maximum atomic E-state index is 14.1. The lowest BCUT2D eigenvalue weighted by Crippen LogP contribution is -2.45. The van der Waals surface area contributed by atoms with E-state index in [9.17, 15) is 19.7 Å². The number of unbranched alkanes of at least 4 members (excludes halogenated alkanes) is 1. The first kappa shape index (κ1) is 37.3. The normalized spacial score (nSPS) is 23.7. The monoisotopic (exact) mass is 732 g/mol. The van der Waals surface area contributed by atoms with Gasteiger partial charge in [-0.25, -0.2) is 4.79 Å². The summed E-state index contributed by atoms with van der Waals surface area (Å²) in [6.45, 7) is 3.76. The van der Waals surface area contributed by atoms with E-state index in [0.717, 1.165) is 31.6 Å². The van der Waals surface area contributed by atoms with Crippen LogP contribution in [-0.2, 0) is 25.5 Å². The van der Waals surface area contributed by atoms with E-state index in [4.69, 9.17) is 23.4 Å². The minimum absolute atomic E-state index is 0.0244. The van der Waals surface area contributed by atoms with Gasteiger partial charge in [-0.05, 0) is 81.0 Å². The van der Waals surface area contributed by atoms with Crippen molar-refractivity contribution < 1.29 is 42.9 Å². The number of furan rings is 1. The van der Waals surface area contributed by atoms with Crippen LogP contribution >= 0.6 is 0 Å². The molecule has 2 aliphatic carbocycles. The van der Waals surface area contributed by atoms with Gasteiger partial charge in [0.15, 0.2) is 18.0 Å². The van der Waals surface area contributed by atoms with Crippen molar-refractivity contribution in [3.63, 3.8) is 0 Å². The van der Waals surface area contributed by atoms with Crippen LogP contribution in [0.25, 0.3) is 11.0 Å². The van der Waals surface area contributed by atoms with Crippen LogP contribution < -0.4 is 4.74 Å². The number of fused-ring (bicyclic) bond motifs is 2. The maximum absolute atomic E-state index is 14.1. The van der Waals surface area contributed by atoms with Crippen molar-refractivity contribution in [1.82, 2.24) is 4.90 Å². The number of ether oxygens (including phenoxy) is 4. The quantitative estimate of drug-likeness (QED) is 0.0472. The Labute approximate surface area is 310 Å². The third kappa shape index (κ3) is 8.71. The van der Waals surface area contributed by atoms with Crippen LogP contribution in [0.5, 0.6) is 5.75 Å². The minimum Gasteiger partial charge on any atom is -0.494 e. The fraction of sp³-hybridized carbons (Fsp3) is 0.610. The largest absolute Gasteiger partial charge is 0.494 e. The van der Waals surface area contributed by atoms with Crippen LogP contribution in [0.3, 0.4) is 0 Å². The van der Waals surface area contributed by atoms with Crippen LogP contribution in [0.2, 0.25) is 0 Å². The zero-order chi connectivity index (χ0) is 36.7. The standard InChI is InChI=1S/C41H52N2O10/c1-2-3-15-34-37(32-24-28(18-21-33(32)51-34)41(45)52-35-25-49-40-36(53-43(46)47)26-50-39(35)40)38(44)27-16-19-31(20-17-27)48-23-10-22-42(29-11-6-4-7-12-29)30-13-8-5-9-14-30/h16-21,24,29-30,35-36,39-40H,2-15,22-23,25-26H2,1H3/t35-,36+,39-,40-/m1/s1. The first-order chi connectivity index (χ1) is 25.9. The summed E-state index contributed by atoms with van der Waals surface area (Å²) < 4.78 is 29.4. The predicted molar refractivity (Wildman–Crippen MR) is 196 cm³/mol. The SMILES string of the molecule is CCCCc1oc2ccc(C(=O)O[C@@H]3CO[C@H]4[C@@H]3OC[C@@H]4O[N+](=O)[O-])cc2c1C(=O)c1ccc(OCCCN(C2CCCCC2)C2CCCCC2)cc1. The molecule has 0 radical (unpaired) electrons. The molecule has 4 fully saturated rings. The zero-order valence-electron chi connectivity index (χ0n) is 30.7. The molecule has 0 unspecified atom stereocenters. The van der Waals surface area contributed by atoms with E-state index in [1.165, 1.54) is 64.2 Å². The van der Waals surface area contributed by atoms with Crippen molar-refractivity contribution in [2.75, 3.05) is 26.4 Å². The molecular formula is C41H52N2O10. The van der Waals surface area contributed by atoms with Gasteiger partial charge in [0.2, 0.25) is 0 Å². The number of carbonyl (C=O) groups excluding carboxylic acids is 2. The average molecular weight is 733 g/mol. The lowest BCUT2D eigenvalue weighted by molar-refractivity contribution is -0.769. The Morgan fingerprint density at radius 2 is 1.49 bits per heavy atom.